The van der Waals surface area contributed by atoms with E-state index in [0.29, 0.717) is 0 Å². The molecule has 3 rings (SSSR count). The van der Waals surface area contributed by atoms with Crippen LogP contribution in [-0.2, 0) is 15.6 Å². The van der Waals surface area contributed by atoms with Gasteiger partial charge in [-0.3, -0.25) is 4.79 Å². The van der Waals surface area contributed by atoms with Gasteiger partial charge >= 0.3 is 5.97 Å². The SMILES string of the molecule is CN(C)c1ccc(C2C(=O)Oc3c2cc(C(C)(C)C)cc3C(C)(C)C)cc1. The number of rotatable bonds is 2. The summed E-state index contributed by atoms with van der Waals surface area (Å²) in [5.41, 5.74) is 5.33. The van der Waals surface area contributed by atoms with Crippen LogP contribution in [0.25, 0.3) is 0 Å². The van der Waals surface area contributed by atoms with Crippen LogP contribution in [0.15, 0.2) is 36.4 Å². The number of fused-ring (bicyclic) bond motifs is 1. The lowest BCUT2D eigenvalue weighted by Crippen LogP contribution is -2.17. The molecule has 1 heterocycles. The minimum Gasteiger partial charge on any atom is -0.425 e. The molecular formula is C24H31NO2. The normalized spacial score (nSPS) is 16.9. The molecule has 0 amide bonds. The molecule has 1 atom stereocenters. The Bertz CT molecular complexity index is 865. The molecule has 0 spiro atoms. The van der Waals surface area contributed by atoms with Gasteiger partial charge in [0.25, 0.3) is 0 Å². The van der Waals surface area contributed by atoms with Crippen molar-refractivity contribution in [3.8, 4) is 5.75 Å². The largest absolute Gasteiger partial charge is 0.425 e. The molecule has 1 unspecified atom stereocenters. The Morgan fingerprint density at radius 1 is 0.889 bits per heavy atom. The molecular weight excluding hydrogens is 334 g/mol. The van der Waals surface area contributed by atoms with Gasteiger partial charge in [0.1, 0.15) is 11.7 Å². The van der Waals surface area contributed by atoms with Gasteiger partial charge in [0.15, 0.2) is 0 Å². The maximum Gasteiger partial charge on any atom is 0.323 e. The van der Waals surface area contributed by atoms with E-state index in [1.54, 1.807) is 0 Å². The third kappa shape index (κ3) is 3.60. The number of nitrogens with zero attached hydrogens (tertiary/aromatic N) is 1. The Hall–Kier alpha value is -2.29. The van der Waals surface area contributed by atoms with Gasteiger partial charge in [0.05, 0.1) is 0 Å². The number of hydrogen-bond acceptors (Lipinski definition) is 3. The third-order valence-corrected chi connectivity index (χ3v) is 5.28. The molecule has 144 valence electrons. The second-order valence-corrected chi connectivity index (χ2v) is 9.78. The molecule has 2 aromatic rings. The topological polar surface area (TPSA) is 29.5 Å². The van der Waals surface area contributed by atoms with Crippen LogP contribution in [0.2, 0.25) is 0 Å². The second kappa shape index (κ2) is 6.40. The molecule has 3 nitrogen and oxygen atoms in total. The van der Waals surface area contributed by atoms with Crippen molar-refractivity contribution >= 4 is 11.7 Å². The summed E-state index contributed by atoms with van der Waals surface area (Å²) in [5, 5.41) is 0. The molecule has 27 heavy (non-hydrogen) atoms. The molecule has 0 saturated heterocycles. The fourth-order valence-electron chi connectivity index (χ4n) is 3.54. The van der Waals surface area contributed by atoms with E-state index in [9.17, 15) is 4.79 Å². The highest BCUT2D eigenvalue weighted by atomic mass is 16.5. The lowest BCUT2D eigenvalue weighted by molar-refractivity contribution is -0.133. The Balaban J connectivity index is 2.18. The zero-order valence-electron chi connectivity index (χ0n) is 17.8. The second-order valence-electron chi connectivity index (χ2n) is 9.78. The van der Waals surface area contributed by atoms with Crippen LogP contribution in [0.5, 0.6) is 5.75 Å². The van der Waals surface area contributed by atoms with Crippen molar-refractivity contribution in [1.29, 1.82) is 0 Å². The molecule has 1 aliphatic rings. The summed E-state index contributed by atoms with van der Waals surface area (Å²) in [6, 6.07) is 12.6. The number of esters is 1. The first-order valence-electron chi connectivity index (χ1n) is 9.57. The van der Waals surface area contributed by atoms with Gasteiger partial charge in [-0.15, -0.1) is 0 Å². The van der Waals surface area contributed by atoms with Crippen molar-refractivity contribution in [2.24, 2.45) is 0 Å². The quantitative estimate of drug-likeness (QED) is 0.527. The molecule has 1 aliphatic heterocycles. The molecule has 0 N–H and O–H groups in total. The van der Waals surface area contributed by atoms with Crippen LogP contribution in [0.1, 0.15) is 69.7 Å². The van der Waals surface area contributed by atoms with Crippen molar-refractivity contribution in [3.05, 3.63) is 58.7 Å². The van der Waals surface area contributed by atoms with Gasteiger partial charge in [0.2, 0.25) is 0 Å². The summed E-state index contributed by atoms with van der Waals surface area (Å²) in [7, 11) is 4.03. The Kier molecular flexibility index (Phi) is 4.62. The molecule has 0 fully saturated rings. The fraction of sp³-hybridized carbons (Fsp3) is 0.458. The van der Waals surface area contributed by atoms with Crippen molar-refractivity contribution in [3.63, 3.8) is 0 Å². The van der Waals surface area contributed by atoms with E-state index in [1.165, 1.54) is 5.56 Å². The van der Waals surface area contributed by atoms with Gasteiger partial charge in [-0.1, -0.05) is 65.8 Å². The van der Waals surface area contributed by atoms with Gasteiger partial charge in [-0.2, -0.15) is 0 Å². The summed E-state index contributed by atoms with van der Waals surface area (Å²) >= 11 is 0. The molecule has 0 saturated carbocycles. The van der Waals surface area contributed by atoms with Crippen molar-refractivity contribution in [2.75, 3.05) is 19.0 Å². The average Bonchev–Trinajstić information content (AvgIpc) is 2.87. The number of ether oxygens (including phenoxy) is 1. The van der Waals surface area contributed by atoms with Gasteiger partial charge < -0.3 is 9.64 Å². The number of benzene rings is 2. The van der Waals surface area contributed by atoms with Crippen molar-refractivity contribution < 1.29 is 9.53 Å². The van der Waals surface area contributed by atoms with E-state index < -0.39 is 0 Å². The third-order valence-electron chi connectivity index (χ3n) is 5.28. The lowest BCUT2D eigenvalue weighted by atomic mass is 9.77. The number of hydrogen-bond donors (Lipinski definition) is 0. The summed E-state index contributed by atoms with van der Waals surface area (Å²) < 4.78 is 5.83. The molecule has 0 bridgehead atoms. The molecule has 0 aliphatic carbocycles. The average molecular weight is 366 g/mol. The minimum absolute atomic E-state index is 0.00000223. The summed E-state index contributed by atoms with van der Waals surface area (Å²) in [6.07, 6.45) is 0. The Morgan fingerprint density at radius 3 is 1.96 bits per heavy atom. The number of carbonyl (C=O) groups excluding carboxylic acids is 1. The minimum atomic E-state index is -0.361. The zero-order chi connectivity index (χ0) is 20.1. The molecule has 2 aromatic carbocycles. The lowest BCUT2D eigenvalue weighted by Gasteiger charge is -2.27. The highest BCUT2D eigenvalue weighted by molar-refractivity contribution is 5.90. The van der Waals surface area contributed by atoms with Gasteiger partial charge in [-0.25, -0.2) is 0 Å². The first kappa shape index (κ1) is 19.5. The van der Waals surface area contributed by atoms with Crippen molar-refractivity contribution in [1.82, 2.24) is 0 Å². The Labute approximate surface area is 163 Å². The van der Waals surface area contributed by atoms with Crippen LogP contribution >= 0.6 is 0 Å². The molecule has 3 heteroatoms. The van der Waals surface area contributed by atoms with Crippen LogP contribution in [0, 0.1) is 0 Å². The summed E-state index contributed by atoms with van der Waals surface area (Å²) in [4.78, 5) is 14.9. The standard InChI is InChI=1S/C24H31NO2/c1-23(2,3)16-13-18-20(15-9-11-17(12-10-15)25(7)8)22(26)27-21(18)19(14-16)24(4,5)6/h9-14,20H,1-8H3. The van der Waals surface area contributed by atoms with E-state index in [0.717, 1.165) is 28.1 Å². The number of anilines is 1. The Morgan fingerprint density at radius 2 is 1.48 bits per heavy atom. The summed E-state index contributed by atoms with van der Waals surface area (Å²) in [5.74, 6) is 0.209. The molecule has 0 radical (unpaired) electrons. The van der Waals surface area contributed by atoms with Crippen LogP contribution in [0.4, 0.5) is 5.69 Å². The molecule has 0 aromatic heterocycles. The predicted octanol–water partition coefficient (Wildman–Crippen LogP) is 5.40. The monoisotopic (exact) mass is 365 g/mol. The predicted molar refractivity (Wildman–Crippen MR) is 112 cm³/mol. The van der Waals surface area contributed by atoms with E-state index in [-0.39, 0.29) is 22.7 Å². The summed E-state index contributed by atoms with van der Waals surface area (Å²) in [6.45, 7) is 13.1. The van der Waals surface area contributed by atoms with E-state index >= 15 is 0 Å². The maximum absolute atomic E-state index is 12.9. The van der Waals surface area contributed by atoms with Crippen LogP contribution < -0.4 is 9.64 Å². The van der Waals surface area contributed by atoms with Crippen molar-refractivity contribution in [2.45, 2.75) is 58.3 Å². The van der Waals surface area contributed by atoms with E-state index in [2.05, 4.69) is 70.7 Å². The first-order valence-corrected chi connectivity index (χ1v) is 9.57. The number of carbonyl (C=O) groups is 1. The van der Waals surface area contributed by atoms with Crippen LogP contribution in [-0.4, -0.2) is 20.1 Å². The first-order chi connectivity index (χ1) is 12.4. The van der Waals surface area contributed by atoms with Crippen LogP contribution in [0.3, 0.4) is 0 Å². The van der Waals surface area contributed by atoms with E-state index in [4.69, 9.17) is 4.74 Å². The highest BCUT2D eigenvalue weighted by Gasteiger charge is 2.39. The van der Waals surface area contributed by atoms with E-state index in [1.807, 2.05) is 26.2 Å². The fourth-order valence-corrected chi connectivity index (χ4v) is 3.54. The highest BCUT2D eigenvalue weighted by Crippen LogP contribution is 2.47. The van der Waals surface area contributed by atoms with Gasteiger partial charge in [-0.05, 0) is 34.1 Å². The maximum atomic E-state index is 12.9. The van der Waals surface area contributed by atoms with Gasteiger partial charge in [0, 0.05) is 30.9 Å². The smallest absolute Gasteiger partial charge is 0.323 e. The zero-order valence-corrected chi connectivity index (χ0v) is 17.8.